The number of thiophene rings is 1. The van der Waals surface area contributed by atoms with E-state index in [0.717, 1.165) is 25.7 Å². The van der Waals surface area contributed by atoms with E-state index in [9.17, 15) is 14.4 Å². The molecule has 1 aromatic heterocycles. The summed E-state index contributed by atoms with van der Waals surface area (Å²) in [5.41, 5.74) is 11.2. The molecule has 3 atom stereocenters. The highest BCUT2D eigenvalue weighted by atomic mass is 32.1. The highest BCUT2D eigenvalue weighted by Crippen LogP contribution is 2.33. The quantitative estimate of drug-likeness (QED) is 0.567. The standard InChI is InChI=1S/C18H28N4O3S/c1-4-10(3)15(20-18(19)25)17(24)22-21-16(23)14-9-12-8-11(5-2)6-7-13(12)26-14/h9-11,15H,4-8H2,1-3H3,(H,21,23)(H,22,24)(H3,19,20,25)/t10-,11-,15-/m1/s1. The molecule has 0 aromatic carbocycles. The van der Waals surface area contributed by atoms with E-state index in [4.69, 9.17) is 5.73 Å². The Balaban J connectivity index is 1.96. The minimum atomic E-state index is -0.792. The number of urea groups is 1. The highest BCUT2D eigenvalue weighted by molar-refractivity contribution is 7.14. The Morgan fingerprint density at radius 2 is 2.04 bits per heavy atom. The van der Waals surface area contributed by atoms with Gasteiger partial charge in [0.1, 0.15) is 6.04 Å². The average Bonchev–Trinajstić information content (AvgIpc) is 3.06. The van der Waals surface area contributed by atoms with Crippen LogP contribution in [0.25, 0.3) is 0 Å². The molecule has 0 saturated heterocycles. The number of hydrogen-bond donors (Lipinski definition) is 4. The number of fused-ring (bicyclic) bond motifs is 1. The summed E-state index contributed by atoms with van der Waals surface area (Å²) in [4.78, 5) is 37.6. The molecule has 0 spiro atoms. The van der Waals surface area contributed by atoms with E-state index >= 15 is 0 Å². The van der Waals surface area contributed by atoms with Crippen LogP contribution in [-0.2, 0) is 17.6 Å². The Bertz CT molecular complexity index is 673. The van der Waals surface area contributed by atoms with Gasteiger partial charge in [0.15, 0.2) is 0 Å². The number of carbonyl (C=O) groups excluding carboxylic acids is 3. The molecule has 1 aliphatic rings. The van der Waals surface area contributed by atoms with Crippen LogP contribution in [0.2, 0.25) is 0 Å². The molecule has 1 aromatic rings. The summed E-state index contributed by atoms with van der Waals surface area (Å²) in [6, 6.07) is 0.366. The molecule has 0 unspecified atom stereocenters. The third kappa shape index (κ3) is 4.97. The number of carbonyl (C=O) groups is 3. The second kappa shape index (κ2) is 9.02. The molecule has 7 nitrogen and oxygen atoms in total. The van der Waals surface area contributed by atoms with Gasteiger partial charge in [-0.25, -0.2) is 4.79 Å². The number of hydrogen-bond acceptors (Lipinski definition) is 4. The second-order valence-corrected chi connectivity index (χ2v) is 8.03. The van der Waals surface area contributed by atoms with E-state index in [1.54, 1.807) is 0 Å². The van der Waals surface area contributed by atoms with E-state index in [-0.39, 0.29) is 11.8 Å². The number of nitrogens with two attached hydrogens (primary N) is 1. The number of hydrazine groups is 1. The maximum absolute atomic E-state index is 12.4. The third-order valence-electron chi connectivity index (χ3n) is 5.08. The number of nitrogens with one attached hydrogen (secondary N) is 3. The van der Waals surface area contributed by atoms with Crippen molar-refractivity contribution in [2.45, 2.75) is 58.9 Å². The largest absolute Gasteiger partial charge is 0.352 e. The van der Waals surface area contributed by atoms with Crippen LogP contribution in [0.1, 0.15) is 60.1 Å². The Morgan fingerprint density at radius 1 is 1.31 bits per heavy atom. The molecule has 0 bridgehead atoms. The van der Waals surface area contributed by atoms with Crippen molar-refractivity contribution < 1.29 is 14.4 Å². The summed E-state index contributed by atoms with van der Waals surface area (Å²) in [5, 5.41) is 2.42. The zero-order chi connectivity index (χ0) is 19.3. The van der Waals surface area contributed by atoms with Crippen molar-refractivity contribution in [2.24, 2.45) is 17.6 Å². The fourth-order valence-corrected chi connectivity index (χ4v) is 4.28. The Labute approximate surface area is 158 Å². The first-order valence-corrected chi connectivity index (χ1v) is 9.95. The SMILES string of the molecule is CC[C@@H]1CCc2sc(C(=O)NNC(=O)[C@H](NC(N)=O)[C@H](C)CC)cc2C1. The van der Waals surface area contributed by atoms with Gasteiger partial charge in [-0.05, 0) is 42.7 Å². The first kappa shape index (κ1) is 20.2. The van der Waals surface area contributed by atoms with Gasteiger partial charge in [0.25, 0.3) is 11.8 Å². The van der Waals surface area contributed by atoms with Crippen LogP contribution >= 0.6 is 11.3 Å². The lowest BCUT2D eigenvalue weighted by molar-refractivity contribution is -0.124. The molecule has 0 radical (unpaired) electrons. The average molecular weight is 381 g/mol. The normalized spacial score (nSPS) is 18.3. The second-order valence-electron chi connectivity index (χ2n) is 6.89. The molecule has 0 fully saturated rings. The summed E-state index contributed by atoms with van der Waals surface area (Å²) in [7, 11) is 0. The van der Waals surface area contributed by atoms with Gasteiger partial charge in [0, 0.05) is 4.88 Å². The van der Waals surface area contributed by atoms with Crippen LogP contribution in [0, 0.1) is 11.8 Å². The van der Waals surface area contributed by atoms with Gasteiger partial charge in [-0.2, -0.15) is 0 Å². The van der Waals surface area contributed by atoms with Crippen LogP contribution in [0.3, 0.4) is 0 Å². The smallest absolute Gasteiger partial charge is 0.312 e. The van der Waals surface area contributed by atoms with Gasteiger partial charge in [-0.15, -0.1) is 11.3 Å². The van der Waals surface area contributed by atoms with Gasteiger partial charge >= 0.3 is 6.03 Å². The molecule has 5 N–H and O–H groups in total. The fourth-order valence-electron chi connectivity index (χ4n) is 3.17. The van der Waals surface area contributed by atoms with Gasteiger partial charge in [-0.1, -0.05) is 33.6 Å². The molecule has 0 aliphatic heterocycles. The van der Waals surface area contributed by atoms with Crippen molar-refractivity contribution >= 4 is 29.2 Å². The van der Waals surface area contributed by atoms with Crippen LogP contribution in [0.5, 0.6) is 0 Å². The van der Waals surface area contributed by atoms with Gasteiger partial charge in [0.2, 0.25) is 0 Å². The van der Waals surface area contributed by atoms with E-state index < -0.39 is 18.0 Å². The molecule has 2 rings (SSSR count). The van der Waals surface area contributed by atoms with Crippen LogP contribution in [0.15, 0.2) is 6.07 Å². The lowest BCUT2D eigenvalue weighted by Gasteiger charge is -2.22. The van der Waals surface area contributed by atoms with Crippen LogP contribution in [0.4, 0.5) is 4.79 Å². The zero-order valence-electron chi connectivity index (χ0n) is 15.6. The minimum absolute atomic E-state index is 0.112. The third-order valence-corrected chi connectivity index (χ3v) is 6.31. The lowest BCUT2D eigenvalue weighted by atomic mass is 9.87. The monoisotopic (exact) mass is 380 g/mol. The predicted molar refractivity (Wildman–Crippen MR) is 102 cm³/mol. The summed E-state index contributed by atoms with van der Waals surface area (Å²) in [6.45, 7) is 5.93. The van der Waals surface area contributed by atoms with Crippen molar-refractivity contribution in [2.75, 3.05) is 0 Å². The number of amides is 4. The van der Waals surface area contributed by atoms with E-state index in [1.165, 1.54) is 21.8 Å². The van der Waals surface area contributed by atoms with Crippen molar-refractivity contribution in [1.82, 2.24) is 16.2 Å². The van der Waals surface area contributed by atoms with Crippen LogP contribution in [-0.4, -0.2) is 23.9 Å². The van der Waals surface area contributed by atoms with Gasteiger partial charge in [-0.3, -0.25) is 20.4 Å². The number of rotatable bonds is 6. The molecule has 8 heteroatoms. The van der Waals surface area contributed by atoms with E-state index in [1.807, 2.05) is 19.9 Å². The first-order valence-electron chi connectivity index (χ1n) is 9.13. The Kier molecular flexibility index (Phi) is 7.02. The molecule has 26 heavy (non-hydrogen) atoms. The number of primary amides is 1. The maximum Gasteiger partial charge on any atom is 0.312 e. The Morgan fingerprint density at radius 3 is 2.65 bits per heavy atom. The molecular formula is C18H28N4O3S. The summed E-state index contributed by atoms with van der Waals surface area (Å²) < 4.78 is 0. The topological polar surface area (TPSA) is 113 Å². The maximum atomic E-state index is 12.4. The molecule has 4 amide bonds. The first-order chi connectivity index (χ1) is 12.3. The van der Waals surface area contributed by atoms with Crippen molar-refractivity contribution in [3.63, 3.8) is 0 Å². The number of aryl methyl sites for hydroxylation is 1. The fraction of sp³-hybridized carbons (Fsp3) is 0.611. The molecular weight excluding hydrogens is 352 g/mol. The summed E-state index contributed by atoms with van der Waals surface area (Å²) in [6.07, 6.45) is 5.02. The highest BCUT2D eigenvalue weighted by Gasteiger charge is 2.26. The van der Waals surface area contributed by atoms with Gasteiger partial charge < -0.3 is 11.1 Å². The summed E-state index contributed by atoms with van der Waals surface area (Å²) >= 11 is 1.48. The lowest BCUT2D eigenvalue weighted by Crippen LogP contribution is -2.55. The van der Waals surface area contributed by atoms with Crippen molar-refractivity contribution in [3.05, 3.63) is 21.4 Å². The Hall–Kier alpha value is -2.09. The zero-order valence-corrected chi connectivity index (χ0v) is 16.4. The van der Waals surface area contributed by atoms with Crippen LogP contribution < -0.4 is 21.9 Å². The minimum Gasteiger partial charge on any atom is -0.352 e. The molecule has 1 aliphatic carbocycles. The van der Waals surface area contributed by atoms with E-state index in [2.05, 4.69) is 23.1 Å². The molecule has 1 heterocycles. The van der Waals surface area contributed by atoms with Gasteiger partial charge in [0.05, 0.1) is 4.88 Å². The van der Waals surface area contributed by atoms with Crippen molar-refractivity contribution in [3.8, 4) is 0 Å². The predicted octanol–water partition coefficient (Wildman–Crippen LogP) is 2.11. The molecule has 0 saturated carbocycles. The summed E-state index contributed by atoms with van der Waals surface area (Å²) in [5.74, 6) is -0.255. The van der Waals surface area contributed by atoms with Crippen molar-refractivity contribution in [1.29, 1.82) is 0 Å². The van der Waals surface area contributed by atoms with E-state index in [0.29, 0.717) is 17.2 Å². The molecule has 144 valence electrons.